The summed E-state index contributed by atoms with van der Waals surface area (Å²) in [6.07, 6.45) is 0. The van der Waals surface area contributed by atoms with Crippen molar-refractivity contribution in [2.45, 2.75) is 20.4 Å². The number of amides is 1. The van der Waals surface area contributed by atoms with Crippen molar-refractivity contribution in [3.8, 4) is 0 Å². The average molecular weight is 399 g/mol. The monoisotopic (exact) mass is 399 g/mol. The van der Waals surface area contributed by atoms with Crippen LogP contribution in [0.15, 0.2) is 33.9 Å². The Kier molecular flexibility index (Phi) is 4.76. The van der Waals surface area contributed by atoms with Gasteiger partial charge in [0.25, 0.3) is 11.5 Å². The summed E-state index contributed by atoms with van der Waals surface area (Å²) in [5, 5.41) is 0. The number of benzene rings is 1. The predicted molar refractivity (Wildman–Crippen MR) is 109 cm³/mol. The van der Waals surface area contributed by atoms with E-state index in [-0.39, 0.29) is 23.5 Å². The summed E-state index contributed by atoms with van der Waals surface area (Å²) in [5.74, 6) is -0.193. The zero-order chi connectivity index (χ0) is 19.8. The predicted octanol–water partition coefficient (Wildman–Crippen LogP) is 1.44. The Morgan fingerprint density at radius 2 is 1.89 bits per heavy atom. The van der Waals surface area contributed by atoms with Crippen LogP contribution in [-0.4, -0.2) is 50.9 Å². The highest BCUT2D eigenvalue weighted by Crippen LogP contribution is 2.23. The molecule has 1 fully saturated rings. The summed E-state index contributed by atoms with van der Waals surface area (Å²) in [4.78, 5) is 44.5. The Balaban J connectivity index is 1.57. The molecule has 1 N–H and O–H groups in total. The molecule has 0 atom stereocenters. The van der Waals surface area contributed by atoms with Gasteiger partial charge < -0.3 is 14.8 Å². The molecule has 0 radical (unpaired) electrons. The first-order valence-electron chi connectivity index (χ1n) is 9.23. The highest BCUT2D eigenvalue weighted by atomic mass is 32.1. The number of nitrogens with one attached hydrogen (secondary N) is 1. The van der Waals surface area contributed by atoms with Gasteiger partial charge in [-0.3, -0.25) is 14.2 Å². The van der Waals surface area contributed by atoms with Crippen molar-refractivity contribution >= 4 is 34.2 Å². The second kappa shape index (κ2) is 7.23. The first kappa shape index (κ1) is 18.4. The van der Waals surface area contributed by atoms with E-state index in [0.29, 0.717) is 18.0 Å². The van der Waals surface area contributed by atoms with Gasteiger partial charge in [-0.05, 0) is 37.0 Å². The number of fused-ring (bicyclic) bond motifs is 1. The Morgan fingerprint density at radius 3 is 2.57 bits per heavy atom. The second-order valence-electron chi connectivity index (χ2n) is 6.78. The molecular weight excluding hydrogens is 378 g/mol. The van der Waals surface area contributed by atoms with Crippen molar-refractivity contribution in [2.24, 2.45) is 0 Å². The SMILES string of the molecule is CCn1c(=O)[nH]c2c(C(=O)N3CCN(c4ccccc4C)CC3)snc2c1=O. The molecule has 1 aliphatic heterocycles. The molecule has 2 aromatic heterocycles. The Morgan fingerprint density at radius 1 is 1.18 bits per heavy atom. The maximum atomic E-state index is 13.0. The Labute approximate surface area is 165 Å². The van der Waals surface area contributed by atoms with Crippen molar-refractivity contribution in [3.63, 3.8) is 0 Å². The molecule has 1 amide bonds. The number of aryl methyl sites for hydroxylation is 1. The van der Waals surface area contributed by atoms with Crippen LogP contribution in [0.5, 0.6) is 0 Å². The lowest BCUT2D eigenvalue weighted by Crippen LogP contribution is -2.49. The number of carbonyl (C=O) groups is 1. The number of carbonyl (C=O) groups excluding carboxylic acids is 1. The minimum atomic E-state index is -0.515. The first-order valence-corrected chi connectivity index (χ1v) is 10.0. The number of nitrogens with zero attached hydrogens (tertiary/aromatic N) is 4. The van der Waals surface area contributed by atoms with Crippen LogP contribution in [0.4, 0.5) is 5.69 Å². The molecule has 8 nitrogen and oxygen atoms in total. The van der Waals surface area contributed by atoms with E-state index in [0.717, 1.165) is 29.2 Å². The summed E-state index contributed by atoms with van der Waals surface area (Å²) in [6.45, 7) is 6.65. The molecule has 146 valence electrons. The number of H-pyrrole nitrogens is 1. The van der Waals surface area contributed by atoms with Crippen molar-refractivity contribution in [1.82, 2.24) is 18.8 Å². The van der Waals surface area contributed by atoms with E-state index in [9.17, 15) is 14.4 Å². The number of aromatic amines is 1. The molecular formula is C19H21N5O3S. The van der Waals surface area contributed by atoms with Crippen LogP contribution in [0.25, 0.3) is 11.0 Å². The molecule has 1 aromatic carbocycles. The zero-order valence-electron chi connectivity index (χ0n) is 15.8. The number of hydrogen-bond acceptors (Lipinski definition) is 6. The van der Waals surface area contributed by atoms with Crippen molar-refractivity contribution in [2.75, 3.05) is 31.1 Å². The fourth-order valence-electron chi connectivity index (χ4n) is 3.59. The highest BCUT2D eigenvalue weighted by molar-refractivity contribution is 7.09. The summed E-state index contributed by atoms with van der Waals surface area (Å²) in [7, 11) is 0. The largest absolute Gasteiger partial charge is 0.368 e. The standard InChI is InChI=1S/C19H21N5O3S/c1-3-24-17(25)15-14(20-19(24)27)16(28-21-15)18(26)23-10-8-22(9-11-23)13-7-5-4-6-12(13)2/h4-7H,3,8-11H2,1-2H3,(H,20,27). The third-order valence-corrected chi connectivity index (χ3v) is 5.99. The fraction of sp³-hybridized carbons (Fsp3) is 0.368. The van der Waals surface area contributed by atoms with Crippen molar-refractivity contribution in [3.05, 3.63) is 55.5 Å². The number of aromatic nitrogens is 3. The van der Waals surface area contributed by atoms with Crippen LogP contribution in [-0.2, 0) is 6.54 Å². The van der Waals surface area contributed by atoms with Gasteiger partial charge in [-0.2, -0.15) is 4.37 Å². The van der Waals surface area contributed by atoms with Crippen LogP contribution in [0, 0.1) is 6.92 Å². The average Bonchev–Trinajstić information content (AvgIpc) is 3.12. The number of para-hydroxylation sites is 1. The normalized spacial score (nSPS) is 14.6. The summed E-state index contributed by atoms with van der Waals surface area (Å²) < 4.78 is 5.22. The van der Waals surface area contributed by atoms with Crippen LogP contribution in [0.2, 0.25) is 0 Å². The lowest BCUT2D eigenvalue weighted by atomic mass is 10.1. The van der Waals surface area contributed by atoms with Crippen LogP contribution in [0.3, 0.4) is 0 Å². The van der Waals surface area contributed by atoms with E-state index >= 15 is 0 Å². The summed E-state index contributed by atoms with van der Waals surface area (Å²) in [6, 6.07) is 8.20. The van der Waals surface area contributed by atoms with E-state index in [1.807, 2.05) is 12.1 Å². The van der Waals surface area contributed by atoms with Gasteiger partial charge in [0.15, 0.2) is 5.52 Å². The molecule has 0 spiro atoms. The van der Waals surface area contributed by atoms with Gasteiger partial charge in [0, 0.05) is 38.4 Å². The van der Waals surface area contributed by atoms with Gasteiger partial charge in [-0.1, -0.05) is 18.2 Å². The summed E-state index contributed by atoms with van der Waals surface area (Å²) in [5.41, 5.74) is 1.81. The van der Waals surface area contributed by atoms with E-state index < -0.39 is 11.2 Å². The van der Waals surface area contributed by atoms with Crippen molar-refractivity contribution < 1.29 is 4.79 Å². The minimum Gasteiger partial charge on any atom is -0.368 e. The van der Waals surface area contributed by atoms with E-state index in [2.05, 4.69) is 33.3 Å². The van der Waals surface area contributed by atoms with E-state index in [1.54, 1.807) is 11.8 Å². The number of rotatable bonds is 3. The smallest absolute Gasteiger partial charge is 0.328 e. The fourth-order valence-corrected chi connectivity index (χ4v) is 4.39. The molecule has 1 saturated heterocycles. The molecule has 9 heteroatoms. The molecule has 0 unspecified atom stereocenters. The molecule has 28 heavy (non-hydrogen) atoms. The first-order chi connectivity index (χ1) is 13.5. The Hall–Kier alpha value is -2.94. The summed E-state index contributed by atoms with van der Waals surface area (Å²) >= 11 is 0.968. The van der Waals surface area contributed by atoms with Crippen LogP contribution in [0.1, 0.15) is 22.2 Å². The maximum Gasteiger partial charge on any atom is 0.328 e. The van der Waals surface area contributed by atoms with E-state index in [1.165, 1.54) is 11.3 Å². The Bertz CT molecular complexity index is 1150. The lowest BCUT2D eigenvalue weighted by molar-refractivity contribution is 0.0753. The number of piperazine rings is 1. The molecule has 0 aliphatic carbocycles. The van der Waals surface area contributed by atoms with Gasteiger partial charge in [-0.25, -0.2) is 4.79 Å². The second-order valence-corrected chi connectivity index (χ2v) is 7.55. The van der Waals surface area contributed by atoms with Gasteiger partial charge >= 0.3 is 5.69 Å². The van der Waals surface area contributed by atoms with Crippen LogP contribution < -0.4 is 16.1 Å². The lowest BCUT2D eigenvalue weighted by Gasteiger charge is -2.36. The van der Waals surface area contributed by atoms with Crippen molar-refractivity contribution in [1.29, 1.82) is 0 Å². The highest BCUT2D eigenvalue weighted by Gasteiger charge is 2.27. The third-order valence-electron chi connectivity index (χ3n) is 5.15. The van der Waals surface area contributed by atoms with Gasteiger partial charge in [0.1, 0.15) is 4.88 Å². The van der Waals surface area contributed by atoms with Gasteiger partial charge in [0.05, 0.1) is 5.52 Å². The van der Waals surface area contributed by atoms with E-state index in [4.69, 9.17) is 0 Å². The quantitative estimate of drug-likeness (QED) is 0.720. The zero-order valence-corrected chi connectivity index (χ0v) is 16.6. The topological polar surface area (TPSA) is 91.3 Å². The minimum absolute atomic E-state index is 0.147. The number of anilines is 1. The molecule has 1 aliphatic rings. The molecule has 0 saturated carbocycles. The molecule has 0 bridgehead atoms. The van der Waals surface area contributed by atoms with Crippen LogP contribution >= 0.6 is 11.5 Å². The third kappa shape index (κ3) is 3.01. The van der Waals surface area contributed by atoms with Gasteiger partial charge in [-0.15, -0.1) is 0 Å². The molecule has 4 rings (SSSR count). The molecule has 3 aromatic rings. The van der Waals surface area contributed by atoms with Gasteiger partial charge in [0.2, 0.25) is 0 Å². The molecule has 3 heterocycles. The number of hydrogen-bond donors (Lipinski definition) is 1. The maximum absolute atomic E-state index is 13.0.